The summed E-state index contributed by atoms with van der Waals surface area (Å²) in [6, 6.07) is -1.19. The van der Waals surface area contributed by atoms with E-state index < -0.39 is 41.0 Å². The largest absolute Gasteiger partial charge is 0.391 e. The van der Waals surface area contributed by atoms with E-state index >= 15 is 4.39 Å². The Morgan fingerprint density at radius 2 is 2.00 bits per heavy atom. The molecule has 0 aromatic rings. The molecular formula is C19H32FN3O5S. The Kier molecular flexibility index (Phi) is 6.46. The van der Waals surface area contributed by atoms with Crippen LogP contribution in [0.3, 0.4) is 0 Å². The second kappa shape index (κ2) is 8.74. The lowest BCUT2D eigenvalue weighted by Crippen LogP contribution is -2.61. The van der Waals surface area contributed by atoms with Gasteiger partial charge in [-0.3, -0.25) is 4.79 Å². The first-order valence-corrected chi connectivity index (χ1v) is 12.2. The number of likely N-dealkylation sites (tertiary alicyclic amines) is 1. The van der Waals surface area contributed by atoms with Gasteiger partial charge in [0.05, 0.1) is 18.7 Å². The van der Waals surface area contributed by atoms with Crippen LogP contribution >= 0.6 is 0 Å². The Labute approximate surface area is 171 Å². The molecule has 5 atom stereocenters. The van der Waals surface area contributed by atoms with Crippen molar-refractivity contribution < 1.29 is 27.4 Å². The Morgan fingerprint density at radius 3 is 2.69 bits per heavy atom. The summed E-state index contributed by atoms with van der Waals surface area (Å²) in [5, 5.41) is 10.5. The van der Waals surface area contributed by atoms with Crippen LogP contribution in [0.4, 0.5) is 4.39 Å². The molecule has 2 N–H and O–H groups in total. The summed E-state index contributed by atoms with van der Waals surface area (Å²) in [6.07, 6.45) is 3.10. The molecule has 3 saturated heterocycles. The minimum atomic E-state index is -4.07. The number of piperidine rings is 1. The molecule has 1 aliphatic carbocycles. The molecule has 5 unspecified atom stereocenters. The van der Waals surface area contributed by atoms with E-state index in [-0.39, 0.29) is 11.8 Å². The van der Waals surface area contributed by atoms with Gasteiger partial charge in [-0.1, -0.05) is 0 Å². The number of hydrogen-bond acceptors (Lipinski definition) is 6. The summed E-state index contributed by atoms with van der Waals surface area (Å²) in [4.78, 5) is 13.8. The van der Waals surface area contributed by atoms with Gasteiger partial charge in [0.15, 0.2) is 0 Å². The first-order chi connectivity index (χ1) is 13.8. The lowest BCUT2D eigenvalue weighted by atomic mass is 9.70. The molecule has 10 heteroatoms. The smallest absolute Gasteiger partial charge is 0.304 e. The Bertz CT molecular complexity index is 702. The number of carbonyl (C=O) groups is 1. The fourth-order valence-corrected chi connectivity index (χ4v) is 6.92. The maximum atomic E-state index is 15.5. The fraction of sp³-hybridized carbons (Fsp3) is 0.947. The number of ether oxygens (including phenoxy) is 1. The highest BCUT2D eigenvalue weighted by molar-refractivity contribution is 7.88. The van der Waals surface area contributed by atoms with Crippen LogP contribution in [0.1, 0.15) is 38.5 Å². The lowest BCUT2D eigenvalue weighted by Gasteiger charge is -2.48. The third-order valence-corrected chi connectivity index (χ3v) is 8.65. The van der Waals surface area contributed by atoms with Crippen molar-refractivity contribution in [3.05, 3.63) is 0 Å². The highest BCUT2D eigenvalue weighted by atomic mass is 32.2. The molecule has 4 fully saturated rings. The molecule has 0 radical (unpaired) electrons. The van der Waals surface area contributed by atoms with Crippen molar-refractivity contribution in [1.29, 1.82) is 0 Å². The van der Waals surface area contributed by atoms with Crippen molar-refractivity contribution in [3.8, 4) is 0 Å². The van der Waals surface area contributed by atoms with Crippen molar-refractivity contribution in [2.45, 2.75) is 56.8 Å². The predicted octanol–water partition coefficient (Wildman–Crippen LogP) is 0.279. The van der Waals surface area contributed by atoms with Gasteiger partial charge in [0.2, 0.25) is 5.91 Å². The zero-order chi connectivity index (χ0) is 20.6. The minimum absolute atomic E-state index is 0.0527. The average molecular weight is 434 g/mol. The maximum absolute atomic E-state index is 15.5. The molecule has 0 bridgehead atoms. The van der Waals surface area contributed by atoms with Gasteiger partial charge in [0, 0.05) is 25.7 Å². The summed E-state index contributed by atoms with van der Waals surface area (Å²) in [5.41, 5.74) is 0. The second-order valence-electron chi connectivity index (χ2n) is 9.02. The van der Waals surface area contributed by atoms with E-state index in [4.69, 9.17) is 4.74 Å². The van der Waals surface area contributed by atoms with Crippen LogP contribution in [0.15, 0.2) is 0 Å². The highest BCUT2D eigenvalue weighted by Crippen LogP contribution is 2.41. The molecule has 4 rings (SSSR count). The zero-order valence-electron chi connectivity index (χ0n) is 16.7. The van der Waals surface area contributed by atoms with Crippen molar-refractivity contribution in [3.63, 3.8) is 0 Å². The Balaban J connectivity index is 1.35. The van der Waals surface area contributed by atoms with Gasteiger partial charge in [-0.05, 0) is 63.5 Å². The number of hydrogen-bond donors (Lipinski definition) is 2. The van der Waals surface area contributed by atoms with E-state index in [2.05, 4.69) is 4.90 Å². The number of fused-ring (bicyclic) bond motifs is 1. The summed E-state index contributed by atoms with van der Waals surface area (Å²) < 4.78 is 48.0. The van der Waals surface area contributed by atoms with E-state index in [9.17, 15) is 18.3 Å². The molecule has 29 heavy (non-hydrogen) atoms. The molecule has 0 spiro atoms. The maximum Gasteiger partial charge on any atom is 0.304 e. The van der Waals surface area contributed by atoms with E-state index in [0.717, 1.165) is 68.6 Å². The van der Waals surface area contributed by atoms with Crippen LogP contribution < -0.4 is 4.72 Å². The summed E-state index contributed by atoms with van der Waals surface area (Å²) >= 11 is 0. The van der Waals surface area contributed by atoms with Crippen LogP contribution in [-0.2, 0) is 19.7 Å². The topological polar surface area (TPSA) is 99.2 Å². The van der Waals surface area contributed by atoms with Gasteiger partial charge in [0.25, 0.3) is 0 Å². The number of amides is 1. The SMILES string of the molecule is O=C1CN(C2C(O)CC3CCN(CCCC4CCOCC4)CC3C2F)S(=O)(=O)N1. The van der Waals surface area contributed by atoms with Crippen LogP contribution in [-0.4, -0.2) is 86.3 Å². The third kappa shape index (κ3) is 4.61. The van der Waals surface area contributed by atoms with E-state index in [0.29, 0.717) is 13.0 Å². The van der Waals surface area contributed by atoms with Crippen molar-refractivity contribution >= 4 is 16.1 Å². The third-order valence-electron chi connectivity index (χ3n) is 7.18. The van der Waals surface area contributed by atoms with Crippen LogP contribution in [0, 0.1) is 17.8 Å². The number of rotatable bonds is 5. The molecule has 1 saturated carbocycles. The minimum Gasteiger partial charge on any atom is -0.391 e. The number of alkyl halides is 1. The van der Waals surface area contributed by atoms with Crippen molar-refractivity contribution in [2.24, 2.45) is 17.8 Å². The number of carbonyl (C=O) groups excluding carboxylic acids is 1. The average Bonchev–Trinajstić information content (AvgIpc) is 2.95. The zero-order valence-corrected chi connectivity index (χ0v) is 17.5. The number of halogens is 1. The quantitative estimate of drug-likeness (QED) is 0.646. The van der Waals surface area contributed by atoms with Crippen molar-refractivity contribution in [2.75, 3.05) is 39.4 Å². The monoisotopic (exact) mass is 433 g/mol. The summed E-state index contributed by atoms with van der Waals surface area (Å²) in [7, 11) is -4.07. The molecular weight excluding hydrogens is 401 g/mol. The van der Waals surface area contributed by atoms with Gasteiger partial charge in [-0.25, -0.2) is 9.11 Å². The highest BCUT2D eigenvalue weighted by Gasteiger charge is 2.53. The van der Waals surface area contributed by atoms with Crippen LogP contribution in [0.25, 0.3) is 0 Å². The van der Waals surface area contributed by atoms with Gasteiger partial charge in [-0.15, -0.1) is 0 Å². The second-order valence-corrected chi connectivity index (χ2v) is 10.6. The standard InChI is InChI=1S/C19H32FN3O5S/c20-18-15-11-22(6-1-2-13-4-8-28-9-5-13)7-3-14(15)10-16(24)19(18)23-12-17(25)21-29(23,26)27/h13-16,18-19,24H,1-12H2,(H,21,25). The van der Waals surface area contributed by atoms with Gasteiger partial charge < -0.3 is 14.7 Å². The van der Waals surface area contributed by atoms with Crippen molar-refractivity contribution in [1.82, 2.24) is 13.9 Å². The molecule has 0 aromatic carbocycles. The molecule has 4 aliphatic rings. The van der Waals surface area contributed by atoms with Gasteiger partial charge in [-0.2, -0.15) is 12.7 Å². The first-order valence-electron chi connectivity index (χ1n) is 10.8. The van der Waals surface area contributed by atoms with Crippen LogP contribution in [0.5, 0.6) is 0 Å². The fourth-order valence-electron chi connectivity index (χ4n) is 5.59. The molecule has 3 aliphatic heterocycles. The number of aliphatic hydroxyl groups excluding tert-OH is 1. The van der Waals surface area contributed by atoms with E-state index in [1.54, 1.807) is 0 Å². The van der Waals surface area contributed by atoms with E-state index in [1.807, 2.05) is 4.72 Å². The molecule has 166 valence electrons. The van der Waals surface area contributed by atoms with Gasteiger partial charge in [0.1, 0.15) is 6.17 Å². The lowest BCUT2D eigenvalue weighted by molar-refractivity contribution is -0.120. The first kappa shape index (κ1) is 21.4. The number of nitrogens with one attached hydrogen (secondary N) is 1. The Hall–Kier alpha value is -0.810. The summed E-state index contributed by atoms with van der Waals surface area (Å²) in [5.74, 6) is -0.220. The number of nitrogens with zero attached hydrogens (tertiary/aromatic N) is 2. The molecule has 1 amide bonds. The number of aliphatic hydroxyl groups is 1. The normalized spacial score (nSPS) is 39.2. The predicted molar refractivity (Wildman–Crippen MR) is 104 cm³/mol. The molecule has 8 nitrogen and oxygen atoms in total. The van der Waals surface area contributed by atoms with E-state index in [1.165, 1.54) is 0 Å². The Morgan fingerprint density at radius 1 is 1.24 bits per heavy atom. The van der Waals surface area contributed by atoms with Crippen LogP contribution in [0.2, 0.25) is 0 Å². The molecule has 0 aromatic heterocycles. The van der Waals surface area contributed by atoms with Gasteiger partial charge >= 0.3 is 10.2 Å². The molecule has 3 heterocycles. The summed E-state index contributed by atoms with van der Waals surface area (Å²) in [6.45, 7) is 3.67.